The van der Waals surface area contributed by atoms with Crippen LogP contribution in [0.15, 0.2) is 60.9 Å². The maximum atomic E-state index is 10.1. The van der Waals surface area contributed by atoms with Crippen molar-refractivity contribution >= 4 is 46.4 Å². The SMILES string of the molecule is C1COCCN1.Clc1ccc(-n2ccc(OCC3CO3)n2)cc1Cl.OC(COc1ccn(-c2ccc(Cl)c(Cl)c2)n1)CN1CCOCC1. The van der Waals surface area contributed by atoms with Gasteiger partial charge in [-0.1, -0.05) is 46.4 Å². The van der Waals surface area contributed by atoms with E-state index in [0.717, 1.165) is 57.4 Å². The van der Waals surface area contributed by atoms with Crippen LogP contribution in [-0.2, 0) is 14.2 Å². The molecule has 12 nitrogen and oxygen atoms in total. The third-order valence-corrected chi connectivity index (χ3v) is 8.60. The van der Waals surface area contributed by atoms with Crippen LogP contribution in [0, 0.1) is 0 Å². The Morgan fingerprint density at radius 1 is 0.771 bits per heavy atom. The number of aliphatic hydroxyl groups is 1. The number of aromatic nitrogens is 4. The quantitative estimate of drug-likeness (QED) is 0.219. The molecule has 0 bridgehead atoms. The number of aliphatic hydroxyl groups excluding tert-OH is 1. The highest BCUT2D eigenvalue weighted by Gasteiger charge is 2.23. The Labute approximate surface area is 299 Å². The summed E-state index contributed by atoms with van der Waals surface area (Å²) in [4.78, 5) is 2.16. The van der Waals surface area contributed by atoms with Crippen molar-refractivity contribution < 1.29 is 28.8 Å². The van der Waals surface area contributed by atoms with Crippen LogP contribution < -0.4 is 14.8 Å². The van der Waals surface area contributed by atoms with E-state index in [1.54, 1.807) is 52.0 Å². The molecule has 2 unspecified atom stereocenters. The van der Waals surface area contributed by atoms with Crippen LogP contribution in [0.25, 0.3) is 11.4 Å². The van der Waals surface area contributed by atoms with E-state index in [4.69, 9.17) is 70.1 Å². The number of epoxide rings is 1. The zero-order chi connectivity index (χ0) is 33.7. The van der Waals surface area contributed by atoms with Gasteiger partial charge in [0.2, 0.25) is 11.8 Å². The fourth-order valence-electron chi connectivity index (χ4n) is 4.49. The van der Waals surface area contributed by atoms with Gasteiger partial charge in [-0.15, -0.1) is 10.2 Å². The second-order valence-electron chi connectivity index (χ2n) is 10.9. The summed E-state index contributed by atoms with van der Waals surface area (Å²) in [6, 6.07) is 14.1. The average molecular weight is 745 g/mol. The van der Waals surface area contributed by atoms with E-state index in [9.17, 15) is 5.11 Å². The number of hydrogen-bond acceptors (Lipinski definition) is 10. The molecule has 48 heavy (non-hydrogen) atoms. The molecular formula is C32H38Cl4N6O6. The highest BCUT2D eigenvalue weighted by Crippen LogP contribution is 2.26. The van der Waals surface area contributed by atoms with E-state index >= 15 is 0 Å². The van der Waals surface area contributed by atoms with Gasteiger partial charge in [0.25, 0.3) is 0 Å². The maximum absolute atomic E-state index is 10.1. The van der Waals surface area contributed by atoms with E-state index in [-0.39, 0.29) is 12.7 Å². The number of morpholine rings is 2. The van der Waals surface area contributed by atoms with Gasteiger partial charge in [0, 0.05) is 57.3 Å². The summed E-state index contributed by atoms with van der Waals surface area (Å²) in [5.41, 5.74) is 1.62. The number of nitrogens with one attached hydrogen (secondary N) is 1. The molecule has 0 saturated carbocycles. The first-order valence-corrected chi connectivity index (χ1v) is 17.0. The molecule has 4 aromatic rings. The second-order valence-corrected chi connectivity index (χ2v) is 12.5. The van der Waals surface area contributed by atoms with Gasteiger partial charge in [-0.3, -0.25) is 4.90 Å². The van der Waals surface area contributed by atoms with Crippen LogP contribution in [0.2, 0.25) is 20.1 Å². The van der Waals surface area contributed by atoms with Gasteiger partial charge in [-0.2, -0.15) is 0 Å². The van der Waals surface area contributed by atoms with Crippen LogP contribution in [0.1, 0.15) is 0 Å². The Hall–Kier alpha value is -2.62. The lowest BCUT2D eigenvalue weighted by molar-refractivity contribution is 0.00420. The monoisotopic (exact) mass is 742 g/mol. The first-order valence-electron chi connectivity index (χ1n) is 15.5. The lowest BCUT2D eigenvalue weighted by Crippen LogP contribution is -2.42. The number of nitrogens with zero attached hydrogens (tertiary/aromatic N) is 5. The van der Waals surface area contributed by atoms with Crippen LogP contribution in [0.3, 0.4) is 0 Å². The Morgan fingerprint density at radius 2 is 1.31 bits per heavy atom. The van der Waals surface area contributed by atoms with Gasteiger partial charge in [0.15, 0.2) is 0 Å². The van der Waals surface area contributed by atoms with Gasteiger partial charge < -0.3 is 34.1 Å². The van der Waals surface area contributed by atoms with Crippen molar-refractivity contribution in [1.29, 1.82) is 0 Å². The lowest BCUT2D eigenvalue weighted by Gasteiger charge is -2.28. The first kappa shape index (κ1) is 36.7. The zero-order valence-electron chi connectivity index (χ0n) is 26.1. The average Bonchev–Trinajstić information content (AvgIpc) is 3.61. The summed E-state index contributed by atoms with van der Waals surface area (Å²) in [7, 11) is 0. The Balaban J connectivity index is 0.000000164. The minimum atomic E-state index is -0.571. The second kappa shape index (κ2) is 19.0. The van der Waals surface area contributed by atoms with E-state index in [0.29, 0.717) is 58.2 Å². The molecule has 7 rings (SSSR count). The van der Waals surface area contributed by atoms with E-state index in [1.165, 1.54) is 0 Å². The van der Waals surface area contributed by atoms with Crippen LogP contribution in [0.4, 0.5) is 0 Å². The number of halogens is 4. The molecule has 0 spiro atoms. The van der Waals surface area contributed by atoms with E-state index < -0.39 is 6.10 Å². The number of β-amino-alcohol motifs (C(OH)–C–C–N with tert-alkyl or cyclic N) is 1. The standard InChI is InChI=1S/C16H19Cl2N3O3.C12H10Cl2N2O2.C4H9NO/c17-14-2-1-12(9-15(14)18)21-4-3-16(19-21)24-11-13(22)10-20-5-7-23-8-6-20;13-10-2-1-8(5-11(10)14)16-4-3-12(15-16)18-7-9-6-17-9;1-3-6-4-2-5-1/h1-4,9,13,22H,5-8,10-11H2;1-5,9H,6-7H2;5H,1-4H2. The zero-order valence-corrected chi connectivity index (χ0v) is 29.2. The normalized spacial score (nSPS) is 18.1. The van der Waals surface area contributed by atoms with Crippen LogP contribution in [0.5, 0.6) is 11.8 Å². The third-order valence-electron chi connectivity index (χ3n) is 7.13. The molecule has 3 fully saturated rings. The molecule has 2 atom stereocenters. The minimum absolute atomic E-state index is 0.190. The van der Waals surface area contributed by atoms with Crippen molar-refractivity contribution in [1.82, 2.24) is 29.8 Å². The lowest BCUT2D eigenvalue weighted by atomic mass is 10.3. The molecule has 3 saturated heterocycles. The van der Waals surface area contributed by atoms with Crippen molar-refractivity contribution in [3.05, 3.63) is 81.0 Å². The van der Waals surface area contributed by atoms with Gasteiger partial charge in [0.05, 0.1) is 64.5 Å². The van der Waals surface area contributed by atoms with Crippen LogP contribution >= 0.6 is 46.4 Å². The van der Waals surface area contributed by atoms with Crippen molar-refractivity contribution in [3.63, 3.8) is 0 Å². The Bertz CT molecular complexity index is 1550. The molecule has 3 aliphatic rings. The highest BCUT2D eigenvalue weighted by atomic mass is 35.5. The van der Waals surface area contributed by atoms with Crippen molar-refractivity contribution in [2.24, 2.45) is 0 Å². The molecule has 5 heterocycles. The molecule has 0 radical (unpaired) electrons. The molecule has 0 amide bonds. The molecule has 3 aliphatic heterocycles. The highest BCUT2D eigenvalue weighted by molar-refractivity contribution is 6.42. The van der Waals surface area contributed by atoms with E-state index in [2.05, 4.69) is 20.4 Å². The molecule has 0 aliphatic carbocycles. The van der Waals surface area contributed by atoms with Crippen LogP contribution in [-0.4, -0.2) is 121 Å². The maximum Gasteiger partial charge on any atom is 0.233 e. The van der Waals surface area contributed by atoms with Crippen molar-refractivity contribution in [2.45, 2.75) is 12.2 Å². The van der Waals surface area contributed by atoms with Gasteiger partial charge in [0.1, 0.15) is 25.4 Å². The van der Waals surface area contributed by atoms with Crippen molar-refractivity contribution in [2.75, 3.05) is 79.0 Å². The number of rotatable bonds is 10. The number of ether oxygens (including phenoxy) is 5. The summed E-state index contributed by atoms with van der Waals surface area (Å²) in [5, 5.41) is 23.8. The largest absolute Gasteiger partial charge is 0.474 e. The summed E-state index contributed by atoms with van der Waals surface area (Å²) >= 11 is 23.8. The molecule has 260 valence electrons. The fraction of sp³-hybridized carbons (Fsp3) is 0.438. The van der Waals surface area contributed by atoms with E-state index in [1.807, 2.05) is 18.3 Å². The first-order chi connectivity index (χ1) is 23.3. The number of hydrogen-bond donors (Lipinski definition) is 2. The molecular weight excluding hydrogens is 706 g/mol. The molecule has 16 heteroatoms. The predicted octanol–water partition coefficient (Wildman–Crippen LogP) is 4.81. The fourth-order valence-corrected chi connectivity index (χ4v) is 5.07. The summed E-state index contributed by atoms with van der Waals surface area (Å²) in [6.45, 7) is 8.99. The molecule has 2 aromatic carbocycles. The van der Waals surface area contributed by atoms with Gasteiger partial charge >= 0.3 is 0 Å². The third kappa shape index (κ3) is 12.1. The number of benzene rings is 2. The summed E-state index contributed by atoms with van der Waals surface area (Å²) in [5.74, 6) is 1.01. The van der Waals surface area contributed by atoms with Gasteiger partial charge in [-0.25, -0.2) is 9.36 Å². The topological polar surface area (TPSA) is 121 Å². The Kier molecular flexibility index (Phi) is 14.5. The summed E-state index contributed by atoms with van der Waals surface area (Å²) in [6.07, 6.45) is 3.23. The summed E-state index contributed by atoms with van der Waals surface area (Å²) < 4.78 is 29.7. The van der Waals surface area contributed by atoms with Crippen molar-refractivity contribution in [3.8, 4) is 23.1 Å². The minimum Gasteiger partial charge on any atom is -0.474 e. The molecule has 2 N–H and O–H groups in total. The van der Waals surface area contributed by atoms with Gasteiger partial charge in [-0.05, 0) is 36.4 Å². The predicted molar refractivity (Wildman–Crippen MR) is 185 cm³/mol. The Morgan fingerprint density at radius 3 is 1.79 bits per heavy atom. The smallest absolute Gasteiger partial charge is 0.233 e. The molecule has 2 aromatic heterocycles.